The van der Waals surface area contributed by atoms with Gasteiger partial charge in [-0.05, 0) is 31.3 Å². The molecule has 2 atom stereocenters. The van der Waals surface area contributed by atoms with E-state index in [1.54, 1.807) is 0 Å². The first-order valence-corrected chi connectivity index (χ1v) is 5.14. The molecule has 0 aromatic rings. The maximum absolute atomic E-state index is 8.91. The van der Waals surface area contributed by atoms with Crippen LogP contribution in [0.2, 0.25) is 0 Å². The molecule has 6 nitrogen and oxygen atoms in total. The molecule has 2 unspecified atom stereocenters. The van der Waals surface area contributed by atoms with Crippen LogP contribution in [-0.2, 0) is 4.74 Å². The van der Waals surface area contributed by atoms with Crippen molar-refractivity contribution in [2.75, 3.05) is 19.7 Å². The zero-order chi connectivity index (χ0) is 10.9. The number of hydrogen-bond donors (Lipinski definition) is 1. The number of hydrogen-bond acceptors (Lipinski definition) is 4. The maximum atomic E-state index is 8.91. The molecule has 0 aliphatic carbocycles. The van der Waals surface area contributed by atoms with Gasteiger partial charge in [0.05, 0.1) is 12.2 Å². The van der Waals surface area contributed by atoms with Crippen molar-refractivity contribution in [3.05, 3.63) is 10.4 Å². The monoisotopic (exact) mass is 209 g/mol. The SMILES string of the molecule is N#CC(NCCCN=[N+]=[N-])C1CCCO1. The molecule has 0 radical (unpaired) electrons. The van der Waals surface area contributed by atoms with Gasteiger partial charge in [0.15, 0.2) is 0 Å². The van der Waals surface area contributed by atoms with Crippen molar-refractivity contribution in [1.29, 1.82) is 5.26 Å². The van der Waals surface area contributed by atoms with E-state index in [0.29, 0.717) is 13.1 Å². The topological polar surface area (TPSA) is 93.8 Å². The van der Waals surface area contributed by atoms with Gasteiger partial charge in [0.25, 0.3) is 0 Å². The molecular weight excluding hydrogens is 194 g/mol. The second-order valence-electron chi connectivity index (χ2n) is 3.42. The van der Waals surface area contributed by atoms with E-state index < -0.39 is 0 Å². The summed E-state index contributed by atoms with van der Waals surface area (Å²) < 4.78 is 5.42. The molecule has 82 valence electrons. The first-order valence-electron chi connectivity index (χ1n) is 5.14. The third-order valence-electron chi connectivity index (χ3n) is 2.34. The first-order chi connectivity index (χ1) is 7.38. The largest absolute Gasteiger partial charge is 0.375 e. The van der Waals surface area contributed by atoms with Crippen molar-refractivity contribution in [1.82, 2.24) is 5.32 Å². The molecule has 0 aromatic heterocycles. The lowest BCUT2D eigenvalue weighted by Gasteiger charge is -2.17. The summed E-state index contributed by atoms with van der Waals surface area (Å²) in [7, 11) is 0. The van der Waals surface area contributed by atoms with Gasteiger partial charge in [-0.2, -0.15) is 5.26 Å². The molecule has 0 bridgehead atoms. The van der Waals surface area contributed by atoms with Crippen molar-refractivity contribution >= 4 is 0 Å². The van der Waals surface area contributed by atoms with Gasteiger partial charge < -0.3 is 4.74 Å². The molecule has 1 N–H and O–H groups in total. The minimum Gasteiger partial charge on any atom is -0.375 e. The fourth-order valence-corrected chi connectivity index (χ4v) is 1.58. The fourth-order valence-electron chi connectivity index (χ4n) is 1.58. The Bertz CT molecular complexity index is 262. The summed E-state index contributed by atoms with van der Waals surface area (Å²) in [5.41, 5.74) is 8.06. The molecule has 1 saturated heterocycles. The zero-order valence-corrected chi connectivity index (χ0v) is 8.59. The Labute approximate surface area is 88.8 Å². The van der Waals surface area contributed by atoms with Crippen LogP contribution >= 0.6 is 0 Å². The van der Waals surface area contributed by atoms with Crippen molar-refractivity contribution < 1.29 is 4.74 Å². The Balaban J connectivity index is 2.16. The van der Waals surface area contributed by atoms with E-state index in [1.165, 1.54) is 0 Å². The molecule has 1 heterocycles. The van der Waals surface area contributed by atoms with Gasteiger partial charge in [-0.1, -0.05) is 5.11 Å². The smallest absolute Gasteiger partial charge is 0.122 e. The minimum atomic E-state index is -0.237. The molecule has 0 spiro atoms. The van der Waals surface area contributed by atoms with E-state index in [4.69, 9.17) is 15.5 Å². The Hall–Kier alpha value is -1.28. The predicted molar refractivity (Wildman–Crippen MR) is 55.0 cm³/mol. The van der Waals surface area contributed by atoms with Crippen LogP contribution in [0.25, 0.3) is 10.4 Å². The van der Waals surface area contributed by atoms with Crippen LogP contribution in [-0.4, -0.2) is 31.8 Å². The molecule has 0 amide bonds. The molecule has 15 heavy (non-hydrogen) atoms. The van der Waals surface area contributed by atoms with Crippen molar-refractivity contribution in [2.24, 2.45) is 5.11 Å². The number of nitrogens with one attached hydrogen (secondary N) is 1. The van der Waals surface area contributed by atoms with Crippen molar-refractivity contribution in [2.45, 2.75) is 31.4 Å². The number of rotatable bonds is 6. The third kappa shape index (κ3) is 4.17. The van der Waals surface area contributed by atoms with Crippen LogP contribution in [0.3, 0.4) is 0 Å². The van der Waals surface area contributed by atoms with Gasteiger partial charge in [-0.15, -0.1) is 0 Å². The van der Waals surface area contributed by atoms with Gasteiger partial charge >= 0.3 is 0 Å². The van der Waals surface area contributed by atoms with E-state index in [2.05, 4.69) is 21.4 Å². The molecule has 1 fully saturated rings. The Morgan fingerprint density at radius 2 is 2.60 bits per heavy atom. The molecule has 1 rings (SSSR count). The van der Waals surface area contributed by atoms with E-state index >= 15 is 0 Å². The van der Waals surface area contributed by atoms with Crippen molar-refractivity contribution in [3.8, 4) is 6.07 Å². The predicted octanol–water partition coefficient (Wildman–Crippen LogP) is 1.35. The third-order valence-corrected chi connectivity index (χ3v) is 2.34. The number of nitrogens with zero attached hydrogens (tertiary/aromatic N) is 4. The number of nitriles is 1. The summed E-state index contributed by atoms with van der Waals surface area (Å²) in [6.07, 6.45) is 2.74. The quantitative estimate of drug-likeness (QED) is 0.309. The lowest BCUT2D eigenvalue weighted by molar-refractivity contribution is 0.0933. The summed E-state index contributed by atoms with van der Waals surface area (Å²) in [5, 5.41) is 15.4. The highest BCUT2D eigenvalue weighted by Crippen LogP contribution is 2.15. The number of azide groups is 1. The summed E-state index contributed by atoms with van der Waals surface area (Å²) in [4.78, 5) is 2.66. The average Bonchev–Trinajstić information content (AvgIpc) is 2.77. The fraction of sp³-hybridized carbons (Fsp3) is 0.889. The van der Waals surface area contributed by atoms with E-state index in [-0.39, 0.29) is 12.1 Å². The maximum Gasteiger partial charge on any atom is 0.122 e. The average molecular weight is 209 g/mol. The van der Waals surface area contributed by atoms with Crippen LogP contribution < -0.4 is 5.32 Å². The first kappa shape index (κ1) is 11.8. The highest BCUT2D eigenvalue weighted by Gasteiger charge is 2.24. The van der Waals surface area contributed by atoms with E-state index in [1.807, 2.05) is 0 Å². The lowest BCUT2D eigenvalue weighted by atomic mass is 10.1. The number of ether oxygens (including phenoxy) is 1. The molecular formula is C9H15N5O. The summed E-state index contributed by atoms with van der Waals surface area (Å²) in [5.74, 6) is 0. The Kier molecular flexibility index (Phi) is 5.56. The summed E-state index contributed by atoms with van der Waals surface area (Å²) >= 11 is 0. The molecule has 0 saturated carbocycles. The van der Waals surface area contributed by atoms with Crippen LogP contribution in [0.4, 0.5) is 0 Å². The van der Waals surface area contributed by atoms with E-state index in [9.17, 15) is 0 Å². The standard InChI is InChI=1S/C9H15N5O/c10-7-8(9-3-1-6-15-9)12-4-2-5-13-14-11/h8-9,12H,1-6H2. The van der Waals surface area contributed by atoms with Gasteiger partial charge in [0.1, 0.15) is 6.04 Å². The highest BCUT2D eigenvalue weighted by molar-refractivity contribution is 4.97. The Morgan fingerprint density at radius 1 is 1.73 bits per heavy atom. The van der Waals surface area contributed by atoms with Crippen LogP contribution in [0.1, 0.15) is 19.3 Å². The van der Waals surface area contributed by atoms with Crippen LogP contribution in [0, 0.1) is 11.3 Å². The minimum absolute atomic E-state index is 0.0227. The van der Waals surface area contributed by atoms with Crippen LogP contribution in [0.15, 0.2) is 5.11 Å². The molecule has 6 heteroatoms. The highest BCUT2D eigenvalue weighted by atomic mass is 16.5. The summed E-state index contributed by atoms with van der Waals surface area (Å²) in [6, 6.07) is 1.96. The molecule has 0 aromatic carbocycles. The van der Waals surface area contributed by atoms with Gasteiger partial charge in [0, 0.05) is 18.1 Å². The second-order valence-corrected chi connectivity index (χ2v) is 3.42. The lowest BCUT2D eigenvalue weighted by Crippen LogP contribution is -2.39. The van der Waals surface area contributed by atoms with Crippen molar-refractivity contribution in [3.63, 3.8) is 0 Å². The van der Waals surface area contributed by atoms with E-state index in [0.717, 1.165) is 25.9 Å². The van der Waals surface area contributed by atoms with Gasteiger partial charge in [-0.25, -0.2) is 0 Å². The Morgan fingerprint density at radius 3 is 3.20 bits per heavy atom. The van der Waals surface area contributed by atoms with Gasteiger partial charge in [-0.3, -0.25) is 5.32 Å². The summed E-state index contributed by atoms with van der Waals surface area (Å²) in [6.45, 7) is 1.90. The van der Waals surface area contributed by atoms with Gasteiger partial charge in [0.2, 0.25) is 0 Å². The second kappa shape index (κ2) is 7.07. The molecule has 1 aliphatic rings. The molecule has 1 aliphatic heterocycles. The van der Waals surface area contributed by atoms with Crippen LogP contribution in [0.5, 0.6) is 0 Å². The normalized spacial score (nSPS) is 21.7. The zero-order valence-electron chi connectivity index (χ0n) is 8.59.